The Kier molecular flexibility index (Phi) is 6.02. The van der Waals surface area contributed by atoms with E-state index in [1.165, 1.54) is 11.3 Å². The van der Waals surface area contributed by atoms with Crippen molar-refractivity contribution in [3.05, 3.63) is 53.7 Å². The van der Waals surface area contributed by atoms with Crippen molar-refractivity contribution < 1.29 is 14.3 Å². The normalized spacial score (nSPS) is 13.9. The van der Waals surface area contributed by atoms with E-state index in [-0.39, 0.29) is 5.91 Å². The third-order valence-corrected chi connectivity index (χ3v) is 5.39. The zero-order chi connectivity index (χ0) is 20.1. The number of thiazole rings is 1. The van der Waals surface area contributed by atoms with Crippen LogP contribution in [0.25, 0.3) is 10.6 Å². The number of nitrogens with zero attached hydrogens (tertiary/aromatic N) is 3. The van der Waals surface area contributed by atoms with Crippen LogP contribution in [0, 0.1) is 0 Å². The van der Waals surface area contributed by atoms with Crippen molar-refractivity contribution in [1.29, 1.82) is 0 Å². The molecule has 0 unspecified atom stereocenters. The number of para-hydroxylation sites is 2. The fourth-order valence-corrected chi connectivity index (χ4v) is 3.83. The molecule has 4 rings (SSSR count). The summed E-state index contributed by atoms with van der Waals surface area (Å²) in [5.74, 6) is 1.30. The van der Waals surface area contributed by atoms with Crippen molar-refractivity contribution in [3.8, 4) is 16.3 Å². The second kappa shape index (κ2) is 9.02. The Morgan fingerprint density at radius 1 is 1.24 bits per heavy atom. The van der Waals surface area contributed by atoms with E-state index in [0.717, 1.165) is 42.7 Å². The molecule has 3 heterocycles. The predicted molar refractivity (Wildman–Crippen MR) is 114 cm³/mol. The van der Waals surface area contributed by atoms with Crippen LogP contribution < -0.4 is 15.0 Å². The molecule has 29 heavy (non-hydrogen) atoms. The van der Waals surface area contributed by atoms with Gasteiger partial charge in [-0.25, -0.2) is 9.97 Å². The number of pyridine rings is 1. The molecule has 1 aliphatic rings. The molecule has 7 nitrogen and oxygen atoms in total. The lowest BCUT2D eigenvalue weighted by Gasteiger charge is -2.27. The summed E-state index contributed by atoms with van der Waals surface area (Å²) in [7, 11) is 0. The number of nitrogens with one attached hydrogen (secondary N) is 1. The number of amides is 1. The van der Waals surface area contributed by atoms with Crippen LogP contribution in [-0.4, -0.2) is 48.8 Å². The van der Waals surface area contributed by atoms with Gasteiger partial charge in [-0.1, -0.05) is 12.1 Å². The van der Waals surface area contributed by atoms with E-state index < -0.39 is 0 Å². The van der Waals surface area contributed by atoms with Gasteiger partial charge < -0.3 is 19.7 Å². The summed E-state index contributed by atoms with van der Waals surface area (Å²) in [4.78, 5) is 23.9. The molecule has 0 aliphatic carbocycles. The molecule has 1 amide bonds. The van der Waals surface area contributed by atoms with E-state index in [4.69, 9.17) is 9.47 Å². The van der Waals surface area contributed by atoms with E-state index in [1.54, 1.807) is 11.6 Å². The highest BCUT2D eigenvalue weighted by Crippen LogP contribution is 2.27. The van der Waals surface area contributed by atoms with Gasteiger partial charge in [-0.05, 0) is 31.2 Å². The minimum atomic E-state index is -0.266. The molecular formula is C21H22N4O3S. The molecule has 0 radical (unpaired) electrons. The van der Waals surface area contributed by atoms with Gasteiger partial charge in [0.25, 0.3) is 5.91 Å². The first kappa shape index (κ1) is 19.4. The van der Waals surface area contributed by atoms with Crippen LogP contribution in [0.5, 0.6) is 5.75 Å². The van der Waals surface area contributed by atoms with Crippen molar-refractivity contribution in [1.82, 2.24) is 9.97 Å². The lowest BCUT2D eigenvalue weighted by atomic mass is 10.2. The summed E-state index contributed by atoms with van der Waals surface area (Å²) in [6, 6.07) is 11.3. The van der Waals surface area contributed by atoms with Crippen LogP contribution in [0.15, 0.2) is 48.0 Å². The molecule has 0 saturated carbocycles. The second-order valence-electron chi connectivity index (χ2n) is 6.43. The fourth-order valence-electron chi connectivity index (χ4n) is 3.04. The Balaban J connectivity index is 1.46. The molecule has 8 heteroatoms. The highest BCUT2D eigenvalue weighted by Gasteiger charge is 2.16. The summed E-state index contributed by atoms with van der Waals surface area (Å²) in [5.41, 5.74) is 1.89. The maximum absolute atomic E-state index is 12.6. The van der Waals surface area contributed by atoms with Crippen molar-refractivity contribution in [2.75, 3.05) is 43.1 Å². The molecule has 0 bridgehead atoms. The monoisotopic (exact) mass is 410 g/mol. The van der Waals surface area contributed by atoms with Crippen molar-refractivity contribution in [2.45, 2.75) is 6.92 Å². The van der Waals surface area contributed by atoms with E-state index in [2.05, 4.69) is 20.2 Å². The predicted octanol–water partition coefficient (Wildman–Crippen LogP) is 3.69. The summed E-state index contributed by atoms with van der Waals surface area (Å²) >= 11 is 1.42. The minimum Gasteiger partial charge on any atom is -0.492 e. The Bertz CT molecular complexity index is 968. The number of ether oxygens (including phenoxy) is 2. The van der Waals surface area contributed by atoms with Crippen LogP contribution in [0.3, 0.4) is 0 Å². The largest absolute Gasteiger partial charge is 0.492 e. The number of benzene rings is 1. The topological polar surface area (TPSA) is 76.6 Å². The molecule has 0 atom stereocenters. The Labute approximate surface area is 173 Å². The number of carbonyl (C=O) groups is 1. The molecule has 1 fully saturated rings. The molecule has 2 aromatic heterocycles. The number of hydrogen-bond donors (Lipinski definition) is 1. The van der Waals surface area contributed by atoms with Gasteiger partial charge in [0.2, 0.25) is 0 Å². The lowest BCUT2D eigenvalue weighted by Crippen LogP contribution is -2.36. The van der Waals surface area contributed by atoms with Gasteiger partial charge in [0.05, 0.1) is 25.5 Å². The smallest absolute Gasteiger partial charge is 0.275 e. The van der Waals surface area contributed by atoms with E-state index >= 15 is 0 Å². The molecule has 1 saturated heterocycles. The molecule has 1 N–H and O–H groups in total. The van der Waals surface area contributed by atoms with Gasteiger partial charge >= 0.3 is 0 Å². The first-order valence-electron chi connectivity index (χ1n) is 9.52. The molecule has 150 valence electrons. The molecule has 3 aromatic rings. The third kappa shape index (κ3) is 4.55. The second-order valence-corrected chi connectivity index (χ2v) is 7.28. The molecular weight excluding hydrogens is 388 g/mol. The van der Waals surface area contributed by atoms with Crippen LogP contribution in [0.4, 0.5) is 11.5 Å². The van der Waals surface area contributed by atoms with Crippen LogP contribution >= 0.6 is 11.3 Å². The SMILES string of the molecule is CCOc1ccccc1NC(=O)c1csc(-c2ccc(N3CCOCC3)nc2)n1. The van der Waals surface area contributed by atoms with Crippen LogP contribution in [0.2, 0.25) is 0 Å². The van der Waals surface area contributed by atoms with Gasteiger partial charge in [-0.3, -0.25) is 4.79 Å². The zero-order valence-electron chi connectivity index (χ0n) is 16.1. The zero-order valence-corrected chi connectivity index (χ0v) is 16.9. The average Bonchev–Trinajstić information content (AvgIpc) is 3.27. The van der Waals surface area contributed by atoms with Gasteiger partial charge in [0.1, 0.15) is 22.3 Å². The fraction of sp³-hybridized carbons (Fsp3) is 0.286. The first-order valence-corrected chi connectivity index (χ1v) is 10.4. The summed E-state index contributed by atoms with van der Waals surface area (Å²) in [5, 5.41) is 5.39. The summed E-state index contributed by atoms with van der Waals surface area (Å²) in [6.45, 7) is 5.57. The van der Waals surface area contributed by atoms with Gasteiger partial charge in [-0.15, -0.1) is 11.3 Å². The van der Waals surface area contributed by atoms with Gasteiger partial charge in [0.15, 0.2) is 0 Å². The molecule has 1 aliphatic heterocycles. The highest BCUT2D eigenvalue weighted by molar-refractivity contribution is 7.13. The lowest BCUT2D eigenvalue weighted by molar-refractivity contribution is 0.102. The number of anilines is 2. The van der Waals surface area contributed by atoms with Crippen molar-refractivity contribution in [2.24, 2.45) is 0 Å². The van der Waals surface area contributed by atoms with Crippen LogP contribution in [-0.2, 0) is 4.74 Å². The number of aromatic nitrogens is 2. The maximum atomic E-state index is 12.6. The van der Waals surface area contributed by atoms with E-state index in [1.807, 2.05) is 43.3 Å². The number of rotatable bonds is 6. The van der Waals surface area contributed by atoms with E-state index in [0.29, 0.717) is 23.7 Å². The third-order valence-electron chi connectivity index (χ3n) is 4.50. The Morgan fingerprint density at radius 3 is 2.83 bits per heavy atom. The highest BCUT2D eigenvalue weighted by atomic mass is 32.1. The van der Waals surface area contributed by atoms with Gasteiger partial charge in [-0.2, -0.15) is 0 Å². The van der Waals surface area contributed by atoms with E-state index in [9.17, 15) is 4.79 Å². The summed E-state index contributed by atoms with van der Waals surface area (Å²) in [6.07, 6.45) is 1.80. The molecule has 1 aromatic carbocycles. The number of hydrogen-bond acceptors (Lipinski definition) is 7. The summed E-state index contributed by atoms with van der Waals surface area (Å²) < 4.78 is 10.9. The number of morpholine rings is 1. The Morgan fingerprint density at radius 2 is 2.07 bits per heavy atom. The standard InChI is InChI=1S/C21H22N4O3S/c1-2-28-18-6-4-3-5-16(18)23-20(26)17-14-29-21(24-17)15-7-8-19(22-13-15)25-9-11-27-12-10-25/h3-8,13-14H,2,9-12H2,1H3,(H,23,26). The molecule has 0 spiro atoms. The number of carbonyl (C=O) groups excluding carboxylic acids is 1. The average molecular weight is 410 g/mol. The maximum Gasteiger partial charge on any atom is 0.275 e. The Hall–Kier alpha value is -2.97. The van der Waals surface area contributed by atoms with Crippen molar-refractivity contribution in [3.63, 3.8) is 0 Å². The first-order chi connectivity index (χ1) is 14.2. The van der Waals surface area contributed by atoms with Gasteiger partial charge in [0, 0.05) is 30.2 Å². The minimum absolute atomic E-state index is 0.266. The van der Waals surface area contributed by atoms with Crippen LogP contribution in [0.1, 0.15) is 17.4 Å². The quantitative estimate of drug-likeness (QED) is 0.668. The van der Waals surface area contributed by atoms with Crippen molar-refractivity contribution >= 4 is 28.7 Å².